The molecule has 1 N–H and O–H groups in total. The highest BCUT2D eigenvalue weighted by Crippen LogP contribution is 2.52. The normalized spacial score (nSPS) is 22.5. The second kappa shape index (κ2) is 6.30. The first-order valence-electron chi connectivity index (χ1n) is 8.55. The van der Waals surface area contributed by atoms with Gasteiger partial charge in [-0.2, -0.15) is 0 Å². The number of β-lactam (4-membered cyclic amide) rings is 1. The maximum absolute atomic E-state index is 12.7. The van der Waals surface area contributed by atoms with Gasteiger partial charge in [0.25, 0.3) is 0 Å². The lowest BCUT2D eigenvalue weighted by molar-refractivity contribution is -0.181. The smallest absolute Gasteiger partial charge is 0.243 e. The average molecular weight is 315 g/mol. The molecule has 1 aromatic heterocycles. The minimum atomic E-state index is -0.414. The van der Waals surface area contributed by atoms with Gasteiger partial charge in [0.1, 0.15) is 6.04 Å². The number of hydrogen-bond donors (Lipinski definition) is 1. The van der Waals surface area contributed by atoms with Crippen LogP contribution in [0, 0.1) is 5.41 Å². The highest BCUT2D eigenvalue weighted by molar-refractivity contribution is 6.02. The molecule has 2 heterocycles. The van der Waals surface area contributed by atoms with Gasteiger partial charge in [-0.05, 0) is 44.7 Å². The molecule has 1 aromatic rings. The molecule has 5 heteroatoms. The number of hydrogen-bond acceptors (Lipinski definition) is 3. The highest BCUT2D eigenvalue weighted by atomic mass is 16.2. The standard InChI is InChI=1S/C18H25N3O2/c1-13(2)21-15(18(17(21)23)8-3-4-9-18)16(22)20-11-7-14-6-5-10-19-12-14/h5-6,10,12-13,15H,3-4,7-9,11H2,1-2H3,(H,20,22). The number of nitrogens with zero attached hydrogens (tertiary/aromatic N) is 2. The Bertz CT molecular complexity index is 579. The Morgan fingerprint density at radius 1 is 1.43 bits per heavy atom. The van der Waals surface area contributed by atoms with Gasteiger partial charge in [-0.3, -0.25) is 14.6 Å². The van der Waals surface area contributed by atoms with E-state index in [1.54, 1.807) is 11.1 Å². The number of carbonyl (C=O) groups is 2. The molecule has 5 nitrogen and oxygen atoms in total. The fraction of sp³-hybridized carbons (Fsp3) is 0.611. The monoisotopic (exact) mass is 315 g/mol. The van der Waals surface area contributed by atoms with E-state index in [-0.39, 0.29) is 23.9 Å². The first-order valence-corrected chi connectivity index (χ1v) is 8.55. The quantitative estimate of drug-likeness (QED) is 0.845. The van der Waals surface area contributed by atoms with Crippen molar-refractivity contribution in [3.8, 4) is 0 Å². The van der Waals surface area contributed by atoms with E-state index in [4.69, 9.17) is 0 Å². The van der Waals surface area contributed by atoms with Crippen LogP contribution in [-0.4, -0.2) is 40.3 Å². The summed E-state index contributed by atoms with van der Waals surface area (Å²) in [7, 11) is 0. The molecule has 1 spiro atoms. The lowest BCUT2D eigenvalue weighted by Crippen LogP contribution is -2.74. The van der Waals surface area contributed by atoms with Gasteiger partial charge in [0.05, 0.1) is 5.41 Å². The predicted molar refractivity (Wildman–Crippen MR) is 87.6 cm³/mol. The summed E-state index contributed by atoms with van der Waals surface area (Å²) in [6.07, 6.45) is 8.14. The van der Waals surface area contributed by atoms with Crippen molar-refractivity contribution < 1.29 is 9.59 Å². The molecule has 3 rings (SSSR count). The largest absolute Gasteiger partial charge is 0.354 e. The Morgan fingerprint density at radius 3 is 2.78 bits per heavy atom. The molecular weight excluding hydrogens is 290 g/mol. The van der Waals surface area contributed by atoms with Crippen LogP contribution in [-0.2, 0) is 16.0 Å². The van der Waals surface area contributed by atoms with E-state index in [0.717, 1.165) is 37.7 Å². The zero-order valence-corrected chi connectivity index (χ0v) is 13.9. The summed E-state index contributed by atoms with van der Waals surface area (Å²) < 4.78 is 0. The molecule has 0 aromatic carbocycles. The summed E-state index contributed by atoms with van der Waals surface area (Å²) in [6.45, 7) is 4.54. The summed E-state index contributed by atoms with van der Waals surface area (Å²) >= 11 is 0. The molecule has 2 amide bonds. The summed E-state index contributed by atoms with van der Waals surface area (Å²) in [5.41, 5.74) is 0.691. The molecular formula is C18H25N3O2. The van der Waals surface area contributed by atoms with E-state index in [0.29, 0.717) is 6.54 Å². The van der Waals surface area contributed by atoms with E-state index in [1.165, 1.54) is 0 Å². The average Bonchev–Trinajstić information content (AvgIpc) is 3.04. The first-order chi connectivity index (χ1) is 11.1. The second-order valence-electron chi connectivity index (χ2n) is 6.97. The summed E-state index contributed by atoms with van der Waals surface area (Å²) in [5.74, 6) is 0.182. The molecule has 2 fully saturated rings. The van der Waals surface area contributed by atoms with E-state index in [1.807, 2.05) is 32.2 Å². The van der Waals surface area contributed by atoms with Gasteiger partial charge in [-0.1, -0.05) is 18.9 Å². The Labute approximate surface area is 137 Å². The van der Waals surface area contributed by atoms with Crippen molar-refractivity contribution in [2.45, 2.75) is 58.0 Å². The van der Waals surface area contributed by atoms with Crippen LogP contribution in [0.3, 0.4) is 0 Å². The van der Waals surface area contributed by atoms with Crippen LogP contribution in [0.1, 0.15) is 45.1 Å². The van der Waals surface area contributed by atoms with Crippen LogP contribution in [0.5, 0.6) is 0 Å². The van der Waals surface area contributed by atoms with Crippen molar-refractivity contribution in [2.75, 3.05) is 6.54 Å². The van der Waals surface area contributed by atoms with Crippen molar-refractivity contribution in [1.29, 1.82) is 0 Å². The zero-order valence-electron chi connectivity index (χ0n) is 13.9. The SMILES string of the molecule is CC(C)N1C(=O)C2(CCCC2)C1C(=O)NCCc1cccnc1. The Morgan fingerprint density at radius 2 is 2.17 bits per heavy atom. The number of nitrogens with one attached hydrogen (secondary N) is 1. The van der Waals surface area contributed by atoms with Crippen molar-refractivity contribution in [2.24, 2.45) is 5.41 Å². The van der Waals surface area contributed by atoms with Crippen molar-refractivity contribution in [1.82, 2.24) is 15.2 Å². The molecule has 1 aliphatic heterocycles. The number of pyridine rings is 1. The van der Waals surface area contributed by atoms with Crippen LogP contribution in [0.25, 0.3) is 0 Å². The molecule has 1 atom stereocenters. The van der Waals surface area contributed by atoms with E-state index >= 15 is 0 Å². The number of aromatic nitrogens is 1. The van der Waals surface area contributed by atoms with Crippen LogP contribution >= 0.6 is 0 Å². The lowest BCUT2D eigenvalue weighted by atomic mass is 9.68. The molecule has 1 aliphatic carbocycles. The molecule has 0 radical (unpaired) electrons. The minimum absolute atomic E-state index is 0.00379. The van der Waals surface area contributed by atoms with Gasteiger partial charge < -0.3 is 10.2 Å². The van der Waals surface area contributed by atoms with E-state index in [9.17, 15) is 9.59 Å². The summed E-state index contributed by atoms with van der Waals surface area (Å²) in [4.78, 5) is 31.1. The number of rotatable bonds is 5. The molecule has 0 bridgehead atoms. The third-order valence-corrected chi connectivity index (χ3v) is 5.20. The molecule has 2 aliphatic rings. The number of amides is 2. The zero-order chi connectivity index (χ0) is 16.4. The highest BCUT2D eigenvalue weighted by Gasteiger charge is 2.64. The van der Waals surface area contributed by atoms with Gasteiger partial charge in [0, 0.05) is 25.0 Å². The Hall–Kier alpha value is -1.91. The fourth-order valence-corrected chi connectivity index (χ4v) is 4.07. The van der Waals surface area contributed by atoms with Crippen LogP contribution in [0.4, 0.5) is 0 Å². The molecule has 124 valence electrons. The fourth-order valence-electron chi connectivity index (χ4n) is 4.07. The molecule has 1 saturated heterocycles. The second-order valence-corrected chi connectivity index (χ2v) is 6.97. The maximum Gasteiger partial charge on any atom is 0.243 e. The molecule has 1 unspecified atom stereocenters. The van der Waals surface area contributed by atoms with Gasteiger partial charge >= 0.3 is 0 Å². The summed E-state index contributed by atoms with van der Waals surface area (Å²) in [5, 5.41) is 3.03. The molecule has 1 saturated carbocycles. The van der Waals surface area contributed by atoms with Crippen molar-refractivity contribution in [3.05, 3.63) is 30.1 Å². The number of carbonyl (C=O) groups excluding carboxylic acids is 2. The van der Waals surface area contributed by atoms with Gasteiger partial charge in [0.2, 0.25) is 11.8 Å². The molecule has 23 heavy (non-hydrogen) atoms. The maximum atomic E-state index is 12.7. The van der Waals surface area contributed by atoms with E-state index in [2.05, 4.69) is 10.3 Å². The third-order valence-electron chi connectivity index (χ3n) is 5.20. The van der Waals surface area contributed by atoms with E-state index < -0.39 is 5.41 Å². The van der Waals surface area contributed by atoms with Crippen LogP contribution < -0.4 is 5.32 Å². The number of likely N-dealkylation sites (tertiary alicyclic amines) is 1. The van der Waals surface area contributed by atoms with Crippen molar-refractivity contribution >= 4 is 11.8 Å². The first kappa shape index (κ1) is 16.0. The predicted octanol–water partition coefficient (Wildman–Crippen LogP) is 1.92. The van der Waals surface area contributed by atoms with Gasteiger partial charge in [0.15, 0.2) is 0 Å². The van der Waals surface area contributed by atoms with Gasteiger partial charge in [-0.15, -0.1) is 0 Å². The van der Waals surface area contributed by atoms with Crippen LogP contribution in [0.2, 0.25) is 0 Å². The van der Waals surface area contributed by atoms with Gasteiger partial charge in [-0.25, -0.2) is 0 Å². The Kier molecular flexibility index (Phi) is 4.37. The Balaban J connectivity index is 1.63. The van der Waals surface area contributed by atoms with Crippen LogP contribution in [0.15, 0.2) is 24.5 Å². The van der Waals surface area contributed by atoms with Crippen molar-refractivity contribution in [3.63, 3.8) is 0 Å². The topological polar surface area (TPSA) is 62.3 Å². The minimum Gasteiger partial charge on any atom is -0.354 e. The third kappa shape index (κ3) is 2.73. The summed E-state index contributed by atoms with van der Waals surface area (Å²) in [6, 6.07) is 3.69. The lowest BCUT2D eigenvalue weighted by Gasteiger charge is -2.55.